The number of guanidine groups is 1. The van der Waals surface area contributed by atoms with E-state index in [4.69, 9.17) is 10.4 Å². The van der Waals surface area contributed by atoms with E-state index in [9.17, 15) is 0 Å². The highest BCUT2D eigenvalue weighted by molar-refractivity contribution is 5.79. The molecule has 0 spiro atoms. The van der Waals surface area contributed by atoms with Gasteiger partial charge in [0.15, 0.2) is 0 Å². The number of rotatable bonds is 3. The molecule has 0 saturated heterocycles. The molecule has 1 aliphatic rings. The molecule has 1 aliphatic carbocycles. The van der Waals surface area contributed by atoms with Gasteiger partial charge in [-0.2, -0.15) is 0 Å². The van der Waals surface area contributed by atoms with Gasteiger partial charge in [0.25, 0.3) is 0 Å². The maximum Gasteiger partial charge on any atom is 0.206 e. The molecule has 0 aliphatic heterocycles. The van der Waals surface area contributed by atoms with Crippen molar-refractivity contribution < 1.29 is 4.52 Å². The summed E-state index contributed by atoms with van der Waals surface area (Å²) >= 11 is 0. The smallest absolute Gasteiger partial charge is 0.206 e. The monoisotopic (exact) mass is 265 g/mol. The van der Waals surface area contributed by atoms with E-state index in [2.05, 4.69) is 20.9 Å². The molecule has 1 aromatic rings. The number of aromatic nitrogens is 1. The second kappa shape index (κ2) is 6.56. The molecule has 1 aromatic heterocycles. The first-order chi connectivity index (χ1) is 9.20. The summed E-state index contributed by atoms with van der Waals surface area (Å²) < 4.78 is 5.12. The number of aliphatic imine (C=N–C) groups is 1. The van der Waals surface area contributed by atoms with Crippen LogP contribution in [0.3, 0.4) is 0 Å². The Morgan fingerprint density at radius 1 is 1.37 bits per heavy atom. The van der Waals surface area contributed by atoms with Crippen LogP contribution in [-0.2, 0) is 6.54 Å². The maximum atomic E-state index is 5.52. The topological polar surface area (TPSA) is 88.5 Å². The van der Waals surface area contributed by atoms with E-state index in [0.717, 1.165) is 17.0 Å². The SMILES string of the molecule is Cc1noc(C)c1CN=C(NN)NC1CCCCC1. The van der Waals surface area contributed by atoms with E-state index in [1.54, 1.807) is 0 Å². The Hall–Kier alpha value is -1.56. The van der Waals surface area contributed by atoms with Gasteiger partial charge >= 0.3 is 0 Å². The molecule has 1 heterocycles. The average molecular weight is 265 g/mol. The number of hydrogen-bond donors (Lipinski definition) is 3. The third-order valence-electron chi connectivity index (χ3n) is 3.66. The fourth-order valence-electron chi connectivity index (χ4n) is 2.46. The highest BCUT2D eigenvalue weighted by Gasteiger charge is 2.14. The predicted molar refractivity (Wildman–Crippen MR) is 74.4 cm³/mol. The number of hydrogen-bond acceptors (Lipinski definition) is 4. The van der Waals surface area contributed by atoms with Crippen LogP contribution >= 0.6 is 0 Å². The van der Waals surface area contributed by atoms with Crippen LogP contribution in [-0.4, -0.2) is 17.2 Å². The Morgan fingerprint density at radius 3 is 2.68 bits per heavy atom. The first kappa shape index (κ1) is 13.9. The van der Waals surface area contributed by atoms with Gasteiger partial charge in [0, 0.05) is 11.6 Å². The second-order valence-corrected chi connectivity index (χ2v) is 5.09. The molecule has 4 N–H and O–H groups in total. The third kappa shape index (κ3) is 3.70. The van der Waals surface area contributed by atoms with Gasteiger partial charge in [0.05, 0.1) is 12.2 Å². The van der Waals surface area contributed by atoms with Gasteiger partial charge < -0.3 is 9.84 Å². The zero-order chi connectivity index (χ0) is 13.7. The first-order valence-electron chi connectivity index (χ1n) is 6.90. The highest BCUT2D eigenvalue weighted by Crippen LogP contribution is 2.17. The van der Waals surface area contributed by atoms with Crippen LogP contribution in [0.25, 0.3) is 0 Å². The van der Waals surface area contributed by atoms with Gasteiger partial charge in [-0.05, 0) is 26.7 Å². The lowest BCUT2D eigenvalue weighted by atomic mass is 9.96. The summed E-state index contributed by atoms with van der Waals surface area (Å²) in [5.41, 5.74) is 4.55. The number of nitrogens with zero attached hydrogens (tertiary/aromatic N) is 2. The number of hydrazine groups is 1. The normalized spacial score (nSPS) is 17.5. The molecule has 0 radical (unpaired) electrons. The third-order valence-corrected chi connectivity index (χ3v) is 3.66. The van der Waals surface area contributed by atoms with Gasteiger partial charge in [-0.3, -0.25) is 5.43 Å². The van der Waals surface area contributed by atoms with Gasteiger partial charge in [0.1, 0.15) is 5.76 Å². The van der Waals surface area contributed by atoms with Crippen LogP contribution < -0.4 is 16.6 Å². The molecular weight excluding hydrogens is 242 g/mol. The first-order valence-corrected chi connectivity index (χ1v) is 6.90. The Bertz CT molecular complexity index is 415. The van der Waals surface area contributed by atoms with Crippen molar-refractivity contribution in [2.45, 2.75) is 58.5 Å². The summed E-state index contributed by atoms with van der Waals surface area (Å²) in [6.45, 7) is 4.35. The second-order valence-electron chi connectivity index (χ2n) is 5.09. The van der Waals surface area contributed by atoms with Crippen molar-refractivity contribution in [2.75, 3.05) is 0 Å². The van der Waals surface area contributed by atoms with Crippen LogP contribution in [0.5, 0.6) is 0 Å². The molecule has 19 heavy (non-hydrogen) atoms. The number of aryl methyl sites for hydroxylation is 2. The number of nitrogens with one attached hydrogen (secondary N) is 2. The fraction of sp³-hybridized carbons (Fsp3) is 0.692. The summed E-state index contributed by atoms with van der Waals surface area (Å²) in [7, 11) is 0. The van der Waals surface area contributed by atoms with Crippen LogP contribution in [0.15, 0.2) is 9.52 Å². The van der Waals surface area contributed by atoms with Gasteiger partial charge in [-0.1, -0.05) is 24.4 Å². The minimum absolute atomic E-state index is 0.480. The van der Waals surface area contributed by atoms with Crippen molar-refractivity contribution in [2.24, 2.45) is 10.8 Å². The highest BCUT2D eigenvalue weighted by atomic mass is 16.5. The van der Waals surface area contributed by atoms with E-state index < -0.39 is 0 Å². The molecule has 0 bridgehead atoms. The minimum Gasteiger partial charge on any atom is -0.361 e. The van der Waals surface area contributed by atoms with Crippen molar-refractivity contribution in [3.05, 3.63) is 17.0 Å². The zero-order valence-corrected chi connectivity index (χ0v) is 11.7. The van der Waals surface area contributed by atoms with Crippen LogP contribution in [0.1, 0.15) is 49.1 Å². The van der Waals surface area contributed by atoms with Crippen LogP contribution in [0, 0.1) is 13.8 Å². The molecule has 6 nitrogen and oxygen atoms in total. The summed E-state index contributed by atoms with van der Waals surface area (Å²) in [5.74, 6) is 6.98. The van der Waals surface area contributed by atoms with Crippen molar-refractivity contribution >= 4 is 5.96 Å². The lowest BCUT2D eigenvalue weighted by Gasteiger charge is -2.24. The maximum absolute atomic E-state index is 5.52. The van der Waals surface area contributed by atoms with Crippen molar-refractivity contribution in [1.82, 2.24) is 15.9 Å². The van der Waals surface area contributed by atoms with E-state index in [0.29, 0.717) is 18.5 Å². The van der Waals surface area contributed by atoms with Crippen molar-refractivity contribution in [1.29, 1.82) is 0 Å². The molecule has 1 fully saturated rings. The largest absolute Gasteiger partial charge is 0.361 e. The van der Waals surface area contributed by atoms with Gasteiger partial charge in [-0.25, -0.2) is 10.8 Å². The van der Waals surface area contributed by atoms with Gasteiger partial charge in [0.2, 0.25) is 5.96 Å². The van der Waals surface area contributed by atoms with E-state index in [1.165, 1.54) is 32.1 Å². The molecule has 6 heteroatoms. The van der Waals surface area contributed by atoms with Crippen LogP contribution in [0.2, 0.25) is 0 Å². The van der Waals surface area contributed by atoms with E-state index in [1.807, 2.05) is 13.8 Å². The molecule has 0 amide bonds. The molecule has 2 rings (SSSR count). The number of nitrogens with two attached hydrogens (primary N) is 1. The fourth-order valence-corrected chi connectivity index (χ4v) is 2.46. The summed E-state index contributed by atoms with van der Waals surface area (Å²) in [6.07, 6.45) is 6.26. The van der Waals surface area contributed by atoms with Crippen molar-refractivity contribution in [3.8, 4) is 0 Å². The Kier molecular flexibility index (Phi) is 4.79. The average Bonchev–Trinajstić information content (AvgIpc) is 2.75. The quantitative estimate of drug-likeness (QED) is 0.334. The predicted octanol–water partition coefficient (Wildman–Crippen LogP) is 1.53. The summed E-state index contributed by atoms with van der Waals surface area (Å²) in [5, 5.41) is 7.29. The van der Waals surface area contributed by atoms with Crippen molar-refractivity contribution in [3.63, 3.8) is 0 Å². The molecule has 106 valence electrons. The standard InChI is InChI=1S/C13H23N5O/c1-9-12(10(2)19-18-9)8-15-13(17-14)16-11-6-4-3-5-7-11/h11H,3-8,14H2,1-2H3,(H2,15,16,17). The zero-order valence-electron chi connectivity index (χ0n) is 11.7. The molecule has 0 unspecified atom stereocenters. The Balaban J connectivity index is 1.95. The van der Waals surface area contributed by atoms with Gasteiger partial charge in [-0.15, -0.1) is 0 Å². The minimum atomic E-state index is 0.480. The van der Waals surface area contributed by atoms with E-state index >= 15 is 0 Å². The molecule has 1 saturated carbocycles. The molecule has 0 atom stereocenters. The molecule has 0 aromatic carbocycles. The van der Waals surface area contributed by atoms with E-state index in [-0.39, 0.29) is 0 Å². The lowest BCUT2D eigenvalue weighted by molar-refractivity contribution is 0.392. The molecular formula is C13H23N5O. The summed E-state index contributed by atoms with van der Waals surface area (Å²) in [6, 6.07) is 0.480. The van der Waals surface area contributed by atoms with Crippen LogP contribution in [0.4, 0.5) is 0 Å². The Morgan fingerprint density at radius 2 is 2.11 bits per heavy atom. The summed E-state index contributed by atoms with van der Waals surface area (Å²) in [4.78, 5) is 4.47. The Labute approximate surface area is 113 Å². The lowest BCUT2D eigenvalue weighted by Crippen LogP contribution is -2.47.